The monoisotopic (exact) mass is 440 g/mol. The first-order chi connectivity index (χ1) is 14.9. The predicted octanol–water partition coefficient (Wildman–Crippen LogP) is 2.21. The summed E-state index contributed by atoms with van der Waals surface area (Å²) in [6, 6.07) is 6.36. The maximum absolute atomic E-state index is 13.1. The van der Waals surface area contributed by atoms with Crippen LogP contribution >= 0.6 is 11.3 Å². The van der Waals surface area contributed by atoms with E-state index >= 15 is 0 Å². The number of thiophene rings is 1. The Morgan fingerprint density at radius 1 is 1.13 bits per heavy atom. The Kier molecular flexibility index (Phi) is 4.73. The van der Waals surface area contributed by atoms with Crippen LogP contribution in [0.5, 0.6) is 0 Å². The molecule has 1 aromatic carbocycles. The average molecular weight is 441 g/mol. The zero-order valence-electron chi connectivity index (χ0n) is 17.2. The average Bonchev–Trinajstić information content (AvgIpc) is 3.24. The molecule has 0 bridgehead atoms. The summed E-state index contributed by atoms with van der Waals surface area (Å²) < 4.78 is 15.8. The van der Waals surface area contributed by atoms with Gasteiger partial charge in [0.1, 0.15) is 23.5 Å². The van der Waals surface area contributed by atoms with Gasteiger partial charge in [-0.3, -0.25) is 4.79 Å². The molecule has 8 nitrogen and oxygen atoms in total. The van der Waals surface area contributed by atoms with Crippen molar-refractivity contribution in [3.8, 4) is 0 Å². The van der Waals surface area contributed by atoms with Gasteiger partial charge in [-0.05, 0) is 43.7 Å². The third-order valence-corrected chi connectivity index (χ3v) is 6.98. The van der Waals surface area contributed by atoms with Crippen molar-refractivity contribution in [3.05, 3.63) is 57.3 Å². The minimum absolute atomic E-state index is 0.110. The molecule has 5 rings (SSSR count). The SMILES string of the molecule is Cc1sc2ncn3c(=O)n(CC(=O)N4CCN(c5ccc(F)cc5)CC4)nc3c2c1C. The fourth-order valence-electron chi connectivity index (χ4n) is 3.97. The second kappa shape index (κ2) is 7.45. The van der Waals surface area contributed by atoms with Crippen LogP contribution in [-0.4, -0.2) is 56.2 Å². The van der Waals surface area contributed by atoms with Gasteiger partial charge in [-0.2, -0.15) is 0 Å². The minimum atomic E-state index is -0.369. The maximum Gasteiger partial charge on any atom is 0.352 e. The van der Waals surface area contributed by atoms with Gasteiger partial charge in [0, 0.05) is 36.7 Å². The third kappa shape index (κ3) is 3.36. The Balaban J connectivity index is 1.34. The number of piperazine rings is 1. The molecule has 4 aromatic rings. The smallest absolute Gasteiger partial charge is 0.352 e. The van der Waals surface area contributed by atoms with E-state index in [1.165, 1.54) is 27.5 Å². The van der Waals surface area contributed by atoms with Crippen molar-refractivity contribution in [2.24, 2.45) is 0 Å². The number of anilines is 1. The van der Waals surface area contributed by atoms with Crippen molar-refractivity contribution in [3.63, 3.8) is 0 Å². The lowest BCUT2D eigenvalue weighted by molar-refractivity contribution is -0.132. The van der Waals surface area contributed by atoms with Crippen molar-refractivity contribution in [1.29, 1.82) is 0 Å². The van der Waals surface area contributed by atoms with Gasteiger partial charge < -0.3 is 9.80 Å². The van der Waals surface area contributed by atoms with Crippen LogP contribution in [0.4, 0.5) is 10.1 Å². The largest absolute Gasteiger partial charge is 0.368 e. The first-order valence-electron chi connectivity index (χ1n) is 10.0. The fraction of sp³-hybridized carbons (Fsp3) is 0.333. The molecule has 1 amide bonds. The Morgan fingerprint density at radius 2 is 1.84 bits per heavy atom. The highest BCUT2D eigenvalue weighted by Crippen LogP contribution is 2.30. The van der Waals surface area contributed by atoms with Gasteiger partial charge >= 0.3 is 5.69 Å². The van der Waals surface area contributed by atoms with Crippen molar-refractivity contribution in [2.75, 3.05) is 31.1 Å². The molecule has 31 heavy (non-hydrogen) atoms. The van der Waals surface area contributed by atoms with Crippen LogP contribution in [0.2, 0.25) is 0 Å². The van der Waals surface area contributed by atoms with Crippen molar-refractivity contribution in [2.45, 2.75) is 20.4 Å². The van der Waals surface area contributed by atoms with Crippen LogP contribution in [0.1, 0.15) is 10.4 Å². The highest BCUT2D eigenvalue weighted by atomic mass is 32.1. The van der Waals surface area contributed by atoms with E-state index in [0.29, 0.717) is 31.8 Å². The van der Waals surface area contributed by atoms with E-state index < -0.39 is 0 Å². The molecule has 3 aromatic heterocycles. The van der Waals surface area contributed by atoms with E-state index in [4.69, 9.17) is 0 Å². The van der Waals surface area contributed by atoms with Crippen LogP contribution in [0.3, 0.4) is 0 Å². The molecule has 0 radical (unpaired) electrons. The molecular formula is C21H21FN6O2S. The molecule has 1 fully saturated rings. The van der Waals surface area contributed by atoms with Gasteiger partial charge in [0.25, 0.3) is 0 Å². The first kappa shape index (κ1) is 19.7. The van der Waals surface area contributed by atoms with Crippen LogP contribution in [0.15, 0.2) is 35.4 Å². The van der Waals surface area contributed by atoms with E-state index in [0.717, 1.165) is 26.3 Å². The summed E-state index contributed by atoms with van der Waals surface area (Å²) in [5, 5.41) is 5.32. The van der Waals surface area contributed by atoms with Crippen LogP contribution in [0, 0.1) is 19.7 Å². The molecule has 1 aliphatic heterocycles. The van der Waals surface area contributed by atoms with E-state index in [-0.39, 0.29) is 24.0 Å². The number of hydrogen-bond donors (Lipinski definition) is 0. The quantitative estimate of drug-likeness (QED) is 0.488. The van der Waals surface area contributed by atoms with E-state index in [1.807, 2.05) is 13.8 Å². The molecule has 0 saturated carbocycles. The third-order valence-electron chi connectivity index (χ3n) is 5.86. The lowest BCUT2D eigenvalue weighted by Gasteiger charge is -2.36. The molecule has 10 heteroatoms. The molecule has 0 spiro atoms. The summed E-state index contributed by atoms with van der Waals surface area (Å²) in [6.07, 6.45) is 1.48. The number of aryl methyl sites for hydroxylation is 2. The molecule has 0 N–H and O–H groups in total. The zero-order valence-corrected chi connectivity index (χ0v) is 18.0. The summed E-state index contributed by atoms with van der Waals surface area (Å²) in [6.45, 7) is 6.26. The summed E-state index contributed by atoms with van der Waals surface area (Å²) in [5.74, 6) is -0.414. The van der Waals surface area contributed by atoms with Crippen LogP contribution < -0.4 is 10.6 Å². The summed E-state index contributed by atoms with van der Waals surface area (Å²) in [5.41, 5.74) is 2.15. The highest BCUT2D eigenvalue weighted by molar-refractivity contribution is 7.18. The molecular weight excluding hydrogens is 419 g/mol. The van der Waals surface area contributed by atoms with E-state index in [2.05, 4.69) is 15.0 Å². The lowest BCUT2D eigenvalue weighted by atomic mass is 10.2. The minimum Gasteiger partial charge on any atom is -0.368 e. The topological polar surface area (TPSA) is 75.7 Å². The van der Waals surface area contributed by atoms with Gasteiger partial charge in [-0.1, -0.05) is 0 Å². The Morgan fingerprint density at radius 3 is 2.55 bits per heavy atom. The van der Waals surface area contributed by atoms with Gasteiger partial charge in [0.2, 0.25) is 5.91 Å². The van der Waals surface area contributed by atoms with E-state index in [9.17, 15) is 14.0 Å². The molecule has 0 atom stereocenters. The molecule has 1 aliphatic rings. The fourth-order valence-corrected chi connectivity index (χ4v) is 4.96. The van der Waals surface area contributed by atoms with E-state index in [1.54, 1.807) is 28.4 Å². The number of aromatic nitrogens is 4. The number of halogens is 1. The first-order valence-corrected chi connectivity index (χ1v) is 10.9. The maximum atomic E-state index is 13.1. The summed E-state index contributed by atoms with van der Waals surface area (Å²) >= 11 is 1.57. The second-order valence-corrected chi connectivity index (χ2v) is 8.89. The van der Waals surface area contributed by atoms with Crippen molar-refractivity contribution in [1.82, 2.24) is 24.1 Å². The van der Waals surface area contributed by atoms with Gasteiger partial charge in [0.15, 0.2) is 5.65 Å². The molecule has 0 aliphatic carbocycles. The molecule has 0 unspecified atom stereocenters. The number of hydrogen-bond acceptors (Lipinski definition) is 6. The Labute approximate surface area is 181 Å². The molecule has 1 saturated heterocycles. The van der Waals surface area contributed by atoms with Crippen molar-refractivity contribution < 1.29 is 9.18 Å². The normalized spacial score (nSPS) is 14.7. The number of fused-ring (bicyclic) bond motifs is 3. The molecule has 160 valence electrons. The second-order valence-electron chi connectivity index (χ2n) is 7.69. The molecule has 4 heterocycles. The number of benzene rings is 1. The number of nitrogens with zero attached hydrogens (tertiary/aromatic N) is 6. The number of amides is 1. The lowest BCUT2D eigenvalue weighted by Crippen LogP contribution is -2.50. The number of rotatable bonds is 3. The van der Waals surface area contributed by atoms with Crippen molar-refractivity contribution >= 4 is 38.8 Å². The van der Waals surface area contributed by atoms with Crippen LogP contribution in [0.25, 0.3) is 15.9 Å². The summed E-state index contributed by atoms with van der Waals surface area (Å²) in [4.78, 5) is 35.8. The van der Waals surface area contributed by atoms with Gasteiger partial charge in [0.05, 0.1) is 5.39 Å². The zero-order chi connectivity index (χ0) is 21.7. The summed E-state index contributed by atoms with van der Waals surface area (Å²) in [7, 11) is 0. The van der Waals surface area contributed by atoms with Gasteiger partial charge in [-0.25, -0.2) is 23.3 Å². The van der Waals surface area contributed by atoms with Crippen LogP contribution in [-0.2, 0) is 11.3 Å². The number of carbonyl (C=O) groups is 1. The predicted molar refractivity (Wildman–Crippen MR) is 117 cm³/mol. The Hall–Kier alpha value is -3.27. The Bertz CT molecular complexity index is 1350. The number of carbonyl (C=O) groups excluding carboxylic acids is 1. The highest BCUT2D eigenvalue weighted by Gasteiger charge is 2.23. The standard InChI is InChI=1S/C21H21FN6O2S/c1-13-14(2)31-20-18(13)19-24-28(21(30)27(19)12-23-20)11-17(29)26-9-7-25(8-10-26)16-5-3-15(22)4-6-16/h3-6,12H,7-11H2,1-2H3. The van der Waals surface area contributed by atoms with Gasteiger partial charge in [-0.15, -0.1) is 16.4 Å².